The SMILES string of the molecule is CC(C)(C)OC(=O)NC(CCN1CCC2(CC1)CCN(Cc1cccnc1)C2=O)c1cccs1. The molecule has 4 heterocycles. The first-order chi connectivity index (χ1) is 16.2. The zero-order chi connectivity index (χ0) is 24.2. The maximum absolute atomic E-state index is 13.3. The van der Waals surface area contributed by atoms with Crippen molar-refractivity contribution in [2.24, 2.45) is 5.41 Å². The summed E-state index contributed by atoms with van der Waals surface area (Å²) in [5.74, 6) is 0.305. The van der Waals surface area contributed by atoms with Gasteiger partial charge in [-0.25, -0.2) is 4.79 Å². The molecule has 1 unspecified atom stereocenters. The van der Waals surface area contributed by atoms with Crippen LogP contribution in [0, 0.1) is 5.41 Å². The molecule has 7 nitrogen and oxygen atoms in total. The van der Waals surface area contributed by atoms with Crippen molar-refractivity contribution in [2.45, 2.75) is 64.6 Å². The molecule has 2 amide bonds. The highest BCUT2D eigenvalue weighted by molar-refractivity contribution is 7.10. The molecule has 0 aliphatic carbocycles. The van der Waals surface area contributed by atoms with Crippen LogP contribution in [0.25, 0.3) is 0 Å². The van der Waals surface area contributed by atoms with Crippen LogP contribution >= 0.6 is 11.3 Å². The monoisotopic (exact) mass is 484 g/mol. The van der Waals surface area contributed by atoms with E-state index in [-0.39, 0.29) is 17.6 Å². The second kappa shape index (κ2) is 10.4. The van der Waals surface area contributed by atoms with Gasteiger partial charge in [0.1, 0.15) is 5.60 Å². The van der Waals surface area contributed by atoms with Crippen LogP contribution in [0.3, 0.4) is 0 Å². The number of alkyl carbamates (subject to hydrolysis) is 1. The van der Waals surface area contributed by atoms with Gasteiger partial charge in [0.25, 0.3) is 0 Å². The van der Waals surface area contributed by atoms with Crippen LogP contribution in [-0.2, 0) is 16.1 Å². The minimum absolute atomic E-state index is 0.0752. The number of likely N-dealkylation sites (tertiary alicyclic amines) is 2. The first-order valence-electron chi connectivity index (χ1n) is 12.2. The third-order valence-electron chi connectivity index (χ3n) is 6.82. The van der Waals surface area contributed by atoms with Gasteiger partial charge in [-0.05, 0) is 82.6 Å². The number of hydrogen-bond donors (Lipinski definition) is 1. The second-order valence-electron chi connectivity index (χ2n) is 10.5. The average molecular weight is 485 g/mol. The van der Waals surface area contributed by atoms with E-state index >= 15 is 0 Å². The number of nitrogens with one attached hydrogen (secondary N) is 1. The van der Waals surface area contributed by atoms with Gasteiger partial charge in [-0.15, -0.1) is 11.3 Å². The lowest BCUT2D eigenvalue weighted by molar-refractivity contribution is -0.138. The summed E-state index contributed by atoms with van der Waals surface area (Å²) in [6.07, 6.45) is 6.78. The summed E-state index contributed by atoms with van der Waals surface area (Å²) in [6, 6.07) is 7.95. The summed E-state index contributed by atoms with van der Waals surface area (Å²) in [4.78, 5) is 35.4. The maximum atomic E-state index is 13.3. The molecule has 1 N–H and O–H groups in total. The third kappa shape index (κ3) is 6.16. The lowest BCUT2D eigenvalue weighted by Crippen LogP contribution is -2.45. The standard InChI is InChI=1S/C26H36N4O3S/c1-25(2,3)33-24(32)28-21(22-7-5-17-34-22)8-13-29-14-9-26(10-15-29)11-16-30(23(26)31)19-20-6-4-12-27-18-20/h4-7,12,17-18,21H,8-11,13-16,19H2,1-3H3,(H,28,32). The van der Waals surface area contributed by atoms with Gasteiger partial charge in [-0.1, -0.05) is 12.1 Å². The summed E-state index contributed by atoms with van der Waals surface area (Å²) in [7, 11) is 0. The maximum Gasteiger partial charge on any atom is 0.408 e. The van der Waals surface area contributed by atoms with E-state index in [1.165, 1.54) is 0 Å². The van der Waals surface area contributed by atoms with Crippen molar-refractivity contribution >= 4 is 23.3 Å². The zero-order valence-electron chi connectivity index (χ0n) is 20.5. The second-order valence-corrected chi connectivity index (χ2v) is 11.4. The van der Waals surface area contributed by atoms with Crippen LogP contribution in [0.1, 0.15) is 62.9 Å². The Morgan fingerprint density at radius 1 is 1.21 bits per heavy atom. The van der Waals surface area contributed by atoms with Crippen molar-refractivity contribution in [3.8, 4) is 0 Å². The molecule has 2 aliphatic heterocycles. The Bertz CT molecular complexity index is 950. The van der Waals surface area contributed by atoms with Gasteiger partial charge in [0.2, 0.25) is 5.91 Å². The van der Waals surface area contributed by atoms with E-state index in [0.717, 1.165) is 62.3 Å². The normalized spacial score (nSPS) is 19.4. The van der Waals surface area contributed by atoms with Gasteiger partial charge in [-0.3, -0.25) is 9.78 Å². The predicted molar refractivity (Wildman–Crippen MR) is 133 cm³/mol. The van der Waals surface area contributed by atoms with Crippen LogP contribution in [0.4, 0.5) is 4.79 Å². The first-order valence-corrected chi connectivity index (χ1v) is 13.1. The molecule has 2 fully saturated rings. The number of carbonyl (C=O) groups excluding carboxylic acids is 2. The van der Waals surface area contributed by atoms with Crippen molar-refractivity contribution in [2.75, 3.05) is 26.2 Å². The molecular weight excluding hydrogens is 448 g/mol. The first kappa shape index (κ1) is 24.7. The molecule has 1 atom stereocenters. The van der Waals surface area contributed by atoms with E-state index < -0.39 is 5.60 Å². The molecule has 0 aromatic carbocycles. The Morgan fingerprint density at radius 3 is 2.62 bits per heavy atom. The smallest absolute Gasteiger partial charge is 0.408 e. The summed E-state index contributed by atoms with van der Waals surface area (Å²) >= 11 is 1.65. The molecule has 2 aliphatic rings. The lowest BCUT2D eigenvalue weighted by atomic mass is 9.77. The van der Waals surface area contributed by atoms with Gasteiger partial charge in [0.15, 0.2) is 0 Å². The van der Waals surface area contributed by atoms with Crippen LogP contribution in [-0.4, -0.2) is 58.6 Å². The summed E-state index contributed by atoms with van der Waals surface area (Å²) in [5.41, 5.74) is 0.354. The quantitative estimate of drug-likeness (QED) is 0.621. The minimum Gasteiger partial charge on any atom is -0.444 e. The van der Waals surface area contributed by atoms with Crippen LogP contribution in [0.2, 0.25) is 0 Å². The summed E-state index contributed by atoms with van der Waals surface area (Å²) in [5, 5.41) is 5.09. The van der Waals surface area contributed by atoms with Gasteiger partial charge in [0.05, 0.1) is 11.5 Å². The van der Waals surface area contributed by atoms with Crippen molar-refractivity contribution < 1.29 is 14.3 Å². The van der Waals surface area contributed by atoms with Crippen LogP contribution in [0.15, 0.2) is 42.0 Å². The number of hydrogen-bond acceptors (Lipinski definition) is 6. The molecule has 4 rings (SSSR count). The molecule has 0 radical (unpaired) electrons. The Balaban J connectivity index is 1.29. The molecular formula is C26H36N4O3S. The molecule has 34 heavy (non-hydrogen) atoms. The topological polar surface area (TPSA) is 74.8 Å². The highest BCUT2D eigenvalue weighted by Gasteiger charge is 2.47. The van der Waals surface area contributed by atoms with Crippen molar-refractivity contribution in [1.82, 2.24) is 20.1 Å². The van der Waals surface area contributed by atoms with Gasteiger partial charge in [-0.2, -0.15) is 0 Å². The van der Waals surface area contributed by atoms with E-state index in [2.05, 4.69) is 21.3 Å². The largest absolute Gasteiger partial charge is 0.444 e. The fraction of sp³-hybridized carbons (Fsp3) is 0.577. The van der Waals surface area contributed by atoms with Crippen molar-refractivity contribution in [1.29, 1.82) is 0 Å². The number of carbonyl (C=O) groups is 2. The number of nitrogens with zero attached hydrogens (tertiary/aromatic N) is 3. The highest BCUT2D eigenvalue weighted by atomic mass is 32.1. The predicted octanol–water partition coefficient (Wildman–Crippen LogP) is 4.61. The van der Waals surface area contributed by atoms with Crippen LogP contribution in [0.5, 0.6) is 0 Å². The van der Waals surface area contributed by atoms with Crippen LogP contribution < -0.4 is 5.32 Å². The van der Waals surface area contributed by atoms with E-state index in [1.54, 1.807) is 17.5 Å². The molecule has 0 bridgehead atoms. The fourth-order valence-electron chi connectivity index (χ4n) is 4.96. The molecule has 2 saturated heterocycles. The lowest BCUT2D eigenvalue weighted by Gasteiger charge is -2.38. The zero-order valence-corrected chi connectivity index (χ0v) is 21.3. The van der Waals surface area contributed by atoms with E-state index in [1.807, 2.05) is 55.4 Å². The van der Waals surface area contributed by atoms with Gasteiger partial charge < -0.3 is 19.9 Å². The Kier molecular flexibility index (Phi) is 7.57. The van der Waals surface area contributed by atoms with Gasteiger partial charge in [0, 0.05) is 36.9 Å². The molecule has 184 valence electrons. The van der Waals surface area contributed by atoms with E-state index in [0.29, 0.717) is 12.5 Å². The minimum atomic E-state index is -0.524. The number of pyridine rings is 1. The third-order valence-corrected chi connectivity index (χ3v) is 7.81. The summed E-state index contributed by atoms with van der Waals surface area (Å²) in [6.45, 7) is 9.80. The number of ether oxygens (including phenoxy) is 1. The Hall–Kier alpha value is -2.45. The van der Waals surface area contributed by atoms with E-state index in [4.69, 9.17) is 4.74 Å². The molecule has 2 aromatic rings. The number of aromatic nitrogens is 1. The highest BCUT2D eigenvalue weighted by Crippen LogP contribution is 2.42. The van der Waals surface area contributed by atoms with E-state index in [9.17, 15) is 9.59 Å². The average Bonchev–Trinajstić information content (AvgIpc) is 3.43. The molecule has 0 saturated carbocycles. The molecule has 2 aromatic heterocycles. The fourth-order valence-corrected chi connectivity index (χ4v) is 5.77. The number of piperidine rings is 1. The van der Waals surface area contributed by atoms with Crippen molar-refractivity contribution in [3.05, 3.63) is 52.5 Å². The van der Waals surface area contributed by atoms with Crippen molar-refractivity contribution in [3.63, 3.8) is 0 Å². The number of thiophene rings is 1. The van der Waals surface area contributed by atoms with Gasteiger partial charge >= 0.3 is 6.09 Å². The molecule has 8 heteroatoms. The Morgan fingerprint density at radius 2 is 1.97 bits per heavy atom. The number of rotatable bonds is 7. The number of amides is 2. The Labute approximate surface area is 206 Å². The summed E-state index contributed by atoms with van der Waals surface area (Å²) < 4.78 is 5.48. The molecule has 1 spiro atoms.